The third-order valence-electron chi connectivity index (χ3n) is 3.83. The molecule has 1 aromatic rings. The summed E-state index contributed by atoms with van der Waals surface area (Å²) in [5.41, 5.74) is -0.187. The van der Waals surface area contributed by atoms with E-state index in [9.17, 15) is 53.4 Å². The van der Waals surface area contributed by atoms with E-state index in [1.165, 1.54) is 31.1 Å². The Morgan fingerprint density at radius 3 is 1.75 bits per heavy atom. The summed E-state index contributed by atoms with van der Waals surface area (Å²) >= 11 is 0. The Hall–Kier alpha value is -1.79. The number of halogens is 11. The van der Waals surface area contributed by atoms with Gasteiger partial charge in [-0.1, -0.05) is 12.1 Å². The minimum Gasteiger partial charge on any atom is -0.388 e. The third-order valence-corrected chi connectivity index (χ3v) is 3.83. The molecule has 0 aliphatic rings. The van der Waals surface area contributed by atoms with Crippen LogP contribution in [0.1, 0.15) is 18.1 Å². The number of rotatable bonds is 7. The van der Waals surface area contributed by atoms with Gasteiger partial charge in [-0.2, -0.15) is 48.3 Å². The molecule has 1 atom stereocenters. The maximum Gasteiger partial charge on any atom is 0.460 e. The Morgan fingerprint density at radius 1 is 0.821 bits per heavy atom. The van der Waals surface area contributed by atoms with E-state index < -0.39 is 48.0 Å². The molecule has 2 nitrogen and oxygen atoms in total. The molecule has 0 bridgehead atoms. The average molecular weight is 433 g/mol. The largest absolute Gasteiger partial charge is 0.460 e. The fraction of sp³-hybridized carbons (Fsp3) is 0.600. The SMILES string of the molecule is CN(C)c1cccc(C(O)CC(F)(F)C(F)(F)C(F)(F)C(F)(F)C(F)(F)F)c1. The lowest BCUT2D eigenvalue weighted by molar-refractivity contribution is -0.423. The van der Waals surface area contributed by atoms with E-state index in [2.05, 4.69) is 0 Å². The van der Waals surface area contributed by atoms with Crippen LogP contribution in [0.25, 0.3) is 0 Å². The molecule has 0 saturated heterocycles. The van der Waals surface area contributed by atoms with Crippen LogP contribution < -0.4 is 4.90 Å². The molecule has 0 aromatic heterocycles. The van der Waals surface area contributed by atoms with E-state index in [1.54, 1.807) is 0 Å². The molecule has 1 unspecified atom stereocenters. The van der Waals surface area contributed by atoms with Crippen LogP contribution in [0, 0.1) is 0 Å². The van der Waals surface area contributed by atoms with Crippen LogP contribution in [0.15, 0.2) is 24.3 Å². The molecule has 0 heterocycles. The second-order valence-corrected chi connectivity index (χ2v) is 6.13. The molecule has 0 saturated carbocycles. The first-order valence-electron chi connectivity index (χ1n) is 7.33. The minimum absolute atomic E-state index is 0.278. The molecular weight excluding hydrogens is 419 g/mol. The quantitative estimate of drug-likeness (QED) is 0.592. The lowest BCUT2D eigenvalue weighted by atomic mass is 9.92. The van der Waals surface area contributed by atoms with Crippen molar-refractivity contribution in [2.45, 2.75) is 42.4 Å². The molecule has 1 rings (SSSR count). The molecule has 0 aliphatic heterocycles. The van der Waals surface area contributed by atoms with Crippen LogP contribution >= 0.6 is 0 Å². The summed E-state index contributed by atoms with van der Waals surface area (Å²) in [5, 5.41) is 9.67. The molecule has 0 aliphatic carbocycles. The zero-order valence-corrected chi connectivity index (χ0v) is 14.1. The summed E-state index contributed by atoms with van der Waals surface area (Å²) in [4.78, 5) is 1.40. The number of aliphatic hydroxyl groups excluding tert-OH is 1. The van der Waals surface area contributed by atoms with Crippen molar-refractivity contribution in [3.05, 3.63) is 29.8 Å². The number of nitrogens with zero attached hydrogens (tertiary/aromatic N) is 1. The monoisotopic (exact) mass is 433 g/mol. The molecule has 13 heteroatoms. The summed E-state index contributed by atoms with van der Waals surface area (Å²) in [7, 11) is 2.96. The first-order chi connectivity index (χ1) is 12.3. The van der Waals surface area contributed by atoms with Crippen molar-refractivity contribution in [3.8, 4) is 0 Å². The fourth-order valence-corrected chi connectivity index (χ4v) is 2.10. The number of hydrogen-bond donors (Lipinski definition) is 1. The molecule has 0 fully saturated rings. The molecule has 1 N–H and O–H groups in total. The van der Waals surface area contributed by atoms with Crippen molar-refractivity contribution < 1.29 is 53.4 Å². The number of anilines is 1. The standard InChI is InChI=1S/C15H14F11NO/c1-27(2)9-5-3-4-8(6-9)10(28)7-11(16,17)12(18,19)13(20,21)14(22,23)15(24,25)26/h3-6,10,28H,7H2,1-2H3. The number of hydrogen-bond acceptors (Lipinski definition) is 2. The molecule has 0 spiro atoms. The third kappa shape index (κ3) is 3.98. The summed E-state index contributed by atoms with van der Waals surface area (Å²) in [6.07, 6.45) is -12.3. The topological polar surface area (TPSA) is 23.5 Å². The van der Waals surface area contributed by atoms with E-state index >= 15 is 0 Å². The van der Waals surface area contributed by atoms with E-state index in [1.807, 2.05) is 0 Å². The normalized spacial score (nSPS) is 15.5. The van der Waals surface area contributed by atoms with Gasteiger partial charge < -0.3 is 10.0 Å². The second-order valence-electron chi connectivity index (χ2n) is 6.13. The molecule has 1 aromatic carbocycles. The Labute approximate surface area is 151 Å². The van der Waals surface area contributed by atoms with Crippen LogP contribution in [0.3, 0.4) is 0 Å². The van der Waals surface area contributed by atoms with Crippen LogP contribution in [0.2, 0.25) is 0 Å². The van der Waals surface area contributed by atoms with Crippen molar-refractivity contribution >= 4 is 5.69 Å². The van der Waals surface area contributed by atoms with Crippen molar-refractivity contribution in [2.75, 3.05) is 19.0 Å². The molecule has 162 valence electrons. The highest BCUT2D eigenvalue weighted by molar-refractivity contribution is 5.47. The maximum atomic E-state index is 13.7. The first kappa shape index (κ1) is 24.2. The number of benzene rings is 1. The molecular formula is C15H14F11NO. The Morgan fingerprint density at radius 2 is 1.32 bits per heavy atom. The van der Waals surface area contributed by atoms with Crippen molar-refractivity contribution in [1.82, 2.24) is 0 Å². The number of alkyl halides is 11. The summed E-state index contributed by atoms with van der Waals surface area (Å²) in [5.74, 6) is -28.2. The lowest BCUT2D eigenvalue weighted by Crippen LogP contribution is -2.66. The van der Waals surface area contributed by atoms with Crippen LogP contribution in [0.4, 0.5) is 54.0 Å². The van der Waals surface area contributed by atoms with Crippen molar-refractivity contribution in [1.29, 1.82) is 0 Å². The van der Waals surface area contributed by atoms with E-state index in [-0.39, 0.29) is 5.69 Å². The van der Waals surface area contributed by atoms with E-state index in [0.29, 0.717) is 0 Å². The second kappa shape index (κ2) is 7.23. The zero-order chi connectivity index (χ0) is 22.3. The Kier molecular flexibility index (Phi) is 6.26. The highest BCUT2D eigenvalue weighted by atomic mass is 19.4. The Bertz CT molecular complexity index is 685. The highest BCUT2D eigenvalue weighted by Crippen LogP contribution is 2.58. The van der Waals surface area contributed by atoms with Crippen molar-refractivity contribution in [3.63, 3.8) is 0 Å². The predicted molar refractivity (Wildman–Crippen MR) is 76.2 cm³/mol. The van der Waals surface area contributed by atoms with Crippen LogP contribution in [0.5, 0.6) is 0 Å². The smallest absolute Gasteiger partial charge is 0.388 e. The zero-order valence-electron chi connectivity index (χ0n) is 14.1. The van der Waals surface area contributed by atoms with Gasteiger partial charge in [0, 0.05) is 26.2 Å². The van der Waals surface area contributed by atoms with E-state index in [4.69, 9.17) is 0 Å². The highest BCUT2D eigenvalue weighted by Gasteiger charge is 2.87. The van der Waals surface area contributed by atoms with Gasteiger partial charge in [-0.05, 0) is 17.7 Å². The first-order valence-corrected chi connectivity index (χ1v) is 7.33. The van der Waals surface area contributed by atoms with Crippen LogP contribution in [-0.2, 0) is 0 Å². The minimum atomic E-state index is -7.48. The molecule has 0 amide bonds. The van der Waals surface area contributed by atoms with Gasteiger partial charge in [0.2, 0.25) is 0 Å². The molecule has 28 heavy (non-hydrogen) atoms. The summed E-state index contributed by atoms with van der Waals surface area (Å²) in [6.45, 7) is 0. The summed E-state index contributed by atoms with van der Waals surface area (Å²) < 4.78 is 142. The van der Waals surface area contributed by atoms with Crippen molar-refractivity contribution in [2.24, 2.45) is 0 Å². The predicted octanol–water partition coefficient (Wildman–Crippen LogP) is 5.28. The van der Waals surface area contributed by atoms with Gasteiger partial charge in [0.15, 0.2) is 0 Å². The van der Waals surface area contributed by atoms with Gasteiger partial charge in [0.1, 0.15) is 0 Å². The molecule has 0 radical (unpaired) electrons. The van der Waals surface area contributed by atoms with Gasteiger partial charge in [0.05, 0.1) is 6.10 Å². The van der Waals surface area contributed by atoms with E-state index in [0.717, 1.165) is 12.1 Å². The average Bonchev–Trinajstić information content (AvgIpc) is 2.52. The fourth-order valence-electron chi connectivity index (χ4n) is 2.10. The van der Waals surface area contributed by atoms with Gasteiger partial charge in [0.25, 0.3) is 0 Å². The van der Waals surface area contributed by atoms with Gasteiger partial charge in [-0.25, -0.2) is 0 Å². The summed E-state index contributed by atoms with van der Waals surface area (Å²) in [6, 6.07) is 4.56. The van der Waals surface area contributed by atoms with Crippen LogP contribution in [-0.4, -0.2) is 49.1 Å². The van der Waals surface area contributed by atoms with Gasteiger partial charge in [-0.3, -0.25) is 0 Å². The van der Waals surface area contributed by atoms with Gasteiger partial charge >= 0.3 is 29.9 Å². The number of aliphatic hydroxyl groups is 1. The van der Waals surface area contributed by atoms with Gasteiger partial charge in [-0.15, -0.1) is 0 Å². The Balaban J connectivity index is 3.24. The maximum absolute atomic E-state index is 13.7. The lowest BCUT2D eigenvalue weighted by Gasteiger charge is -2.37.